The Labute approximate surface area is 176 Å². The maximum Gasteiger partial charge on any atom is 0.267 e. The van der Waals surface area contributed by atoms with E-state index in [9.17, 15) is 4.79 Å². The maximum atomic E-state index is 12.8. The number of para-hydroxylation sites is 2. The summed E-state index contributed by atoms with van der Waals surface area (Å²) in [6.45, 7) is 9.51. The summed E-state index contributed by atoms with van der Waals surface area (Å²) >= 11 is 0. The van der Waals surface area contributed by atoms with E-state index in [1.807, 2.05) is 28.8 Å². The Kier molecular flexibility index (Phi) is 7.04. The fraction of sp³-hybridized carbons (Fsp3) is 0.348. The lowest BCUT2D eigenvalue weighted by molar-refractivity contribution is -0.122. The molecule has 3 aromatic rings. The molecule has 7 heteroatoms. The molecule has 7 nitrogen and oxygen atoms in total. The number of carbonyl (C=O) groups excluding carboxylic acids is 1. The summed E-state index contributed by atoms with van der Waals surface area (Å²) in [7, 11) is 0. The van der Waals surface area contributed by atoms with Crippen LogP contribution in [0.15, 0.2) is 48.5 Å². The monoisotopic (exact) mass is 405 g/mol. The van der Waals surface area contributed by atoms with Crippen molar-refractivity contribution in [1.29, 1.82) is 5.26 Å². The summed E-state index contributed by atoms with van der Waals surface area (Å²) in [5.41, 5.74) is 2.37. The van der Waals surface area contributed by atoms with Crippen molar-refractivity contribution in [2.24, 2.45) is 0 Å². The summed E-state index contributed by atoms with van der Waals surface area (Å²) in [6.07, 6.45) is -0.714. The third kappa shape index (κ3) is 4.97. The first-order valence-electron chi connectivity index (χ1n) is 10.2. The first-order valence-corrected chi connectivity index (χ1v) is 10.2. The molecule has 0 saturated carbocycles. The molecule has 30 heavy (non-hydrogen) atoms. The van der Waals surface area contributed by atoms with E-state index < -0.39 is 6.10 Å². The third-order valence-corrected chi connectivity index (χ3v) is 5.09. The van der Waals surface area contributed by atoms with E-state index >= 15 is 0 Å². The van der Waals surface area contributed by atoms with Crippen LogP contribution in [0.25, 0.3) is 11.0 Å². The molecule has 1 aromatic heterocycles. The lowest BCUT2D eigenvalue weighted by Gasteiger charge is -2.20. The molecule has 1 heterocycles. The lowest BCUT2D eigenvalue weighted by Crippen LogP contribution is -2.32. The summed E-state index contributed by atoms with van der Waals surface area (Å²) in [5, 5.41) is 11.8. The maximum absolute atomic E-state index is 12.8. The molecule has 0 radical (unpaired) electrons. The van der Waals surface area contributed by atoms with E-state index in [4.69, 9.17) is 10.00 Å². The number of nitrogens with zero attached hydrogens (tertiary/aromatic N) is 4. The van der Waals surface area contributed by atoms with E-state index in [0.29, 0.717) is 17.3 Å². The number of aromatic nitrogens is 2. The van der Waals surface area contributed by atoms with Gasteiger partial charge in [-0.1, -0.05) is 26.0 Å². The number of ether oxygens (including phenoxy) is 1. The Hall–Kier alpha value is -3.37. The van der Waals surface area contributed by atoms with E-state index in [1.54, 1.807) is 31.2 Å². The normalized spacial score (nSPS) is 12.0. The molecule has 1 amide bonds. The van der Waals surface area contributed by atoms with Gasteiger partial charge in [0.1, 0.15) is 5.75 Å². The summed E-state index contributed by atoms with van der Waals surface area (Å²) < 4.78 is 7.77. The van der Waals surface area contributed by atoms with Crippen LogP contribution in [-0.4, -0.2) is 46.1 Å². The number of hydrogen-bond acceptors (Lipinski definition) is 5. The third-order valence-electron chi connectivity index (χ3n) is 5.09. The predicted octanol–water partition coefficient (Wildman–Crippen LogP) is 3.66. The number of rotatable bonds is 9. The van der Waals surface area contributed by atoms with Crippen molar-refractivity contribution in [3.05, 3.63) is 54.1 Å². The van der Waals surface area contributed by atoms with E-state index in [2.05, 4.69) is 35.1 Å². The van der Waals surface area contributed by atoms with Crippen molar-refractivity contribution in [1.82, 2.24) is 14.5 Å². The number of imidazole rings is 1. The van der Waals surface area contributed by atoms with Crippen LogP contribution >= 0.6 is 0 Å². The molecule has 2 aromatic carbocycles. The zero-order valence-electron chi connectivity index (χ0n) is 17.6. The second kappa shape index (κ2) is 9.90. The Morgan fingerprint density at radius 2 is 1.90 bits per heavy atom. The van der Waals surface area contributed by atoms with Crippen molar-refractivity contribution >= 4 is 22.9 Å². The average Bonchev–Trinajstić information content (AvgIpc) is 3.12. The van der Waals surface area contributed by atoms with Crippen LogP contribution in [0.2, 0.25) is 0 Å². The minimum atomic E-state index is -0.714. The largest absolute Gasteiger partial charge is 0.481 e. The Bertz CT molecular complexity index is 1030. The van der Waals surface area contributed by atoms with Gasteiger partial charge in [0.15, 0.2) is 6.10 Å². The van der Waals surface area contributed by atoms with Gasteiger partial charge >= 0.3 is 0 Å². The fourth-order valence-corrected chi connectivity index (χ4v) is 3.26. The van der Waals surface area contributed by atoms with E-state index in [0.717, 1.165) is 37.2 Å². The minimum absolute atomic E-state index is 0.279. The van der Waals surface area contributed by atoms with Crippen molar-refractivity contribution in [3.8, 4) is 11.8 Å². The highest BCUT2D eigenvalue weighted by molar-refractivity contribution is 5.94. The molecule has 0 saturated heterocycles. The standard InChI is InChI=1S/C23H27N5O2/c1-4-27(5-2)14-15-28-21-9-7-6-8-20(21)25-23(28)26-22(29)17(3)30-19-12-10-18(16-24)11-13-19/h6-13,17H,4-5,14-15H2,1-3H3,(H,25,26,29). The van der Waals surface area contributed by atoms with Crippen LogP contribution in [0.1, 0.15) is 26.3 Å². The first kappa shape index (κ1) is 21.3. The van der Waals surface area contributed by atoms with Gasteiger partial charge in [0.25, 0.3) is 5.91 Å². The molecule has 0 bridgehead atoms. The van der Waals surface area contributed by atoms with E-state index in [-0.39, 0.29) is 5.91 Å². The highest BCUT2D eigenvalue weighted by Gasteiger charge is 2.19. The van der Waals surface area contributed by atoms with Crippen molar-refractivity contribution < 1.29 is 9.53 Å². The summed E-state index contributed by atoms with van der Waals surface area (Å²) in [6, 6.07) is 16.6. The molecule has 1 unspecified atom stereocenters. The Balaban J connectivity index is 1.75. The predicted molar refractivity (Wildman–Crippen MR) is 117 cm³/mol. The van der Waals surface area contributed by atoms with Crippen molar-refractivity contribution in [2.75, 3.05) is 25.0 Å². The average molecular weight is 406 g/mol. The van der Waals surface area contributed by atoms with E-state index in [1.165, 1.54) is 0 Å². The molecule has 3 rings (SSSR count). The van der Waals surface area contributed by atoms with Gasteiger partial charge in [-0.2, -0.15) is 5.26 Å². The number of likely N-dealkylation sites (N-methyl/N-ethyl adjacent to an activating group) is 1. The molecule has 156 valence electrons. The zero-order valence-corrected chi connectivity index (χ0v) is 17.6. The highest BCUT2D eigenvalue weighted by Crippen LogP contribution is 2.20. The summed E-state index contributed by atoms with van der Waals surface area (Å²) in [5.74, 6) is 0.772. The summed E-state index contributed by atoms with van der Waals surface area (Å²) in [4.78, 5) is 19.7. The van der Waals surface area contributed by atoms with Gasteiger partial charge in [-0.05, 0) is 56.4 Å². The van der Waals surface area contributed by atoms with Crippen LogP contribution in [0.5, 0.6) is 5.75 Å². The molecule has 0 spiro atoms. The van der Waals surface area contributed by atoms with Crippen molar-refractivity contribution in [2.45, 2.75) is 33.4 Å². The van der Waals surface area contributed by atoms with Gasteiger partial charge in [-0.25, -0.2) is 4.98 Å². The quantitative estimate of drug-likeness (QED) is 0.587. The number of nitrogens with one attached hydrogen (secondary N) is 1. The topological polar surface area (TPSA) is 83.2 Å². The Morgan fingerprint density at radius 3 is 2.57 bits per heavy atom. The van der Waals surface area contributed by atoms with Gasteiger partial charge in [0.2, 0.25) is 5.95 Å². The molecular weight excluding hydrogens is 378 g/mol. The number of nitriles is 1. The van der Waals surface area contributed by atoms with Gasteiger partial charge < -0.3 is 14.2 Å². The first-order chi connectivity index (χ1) is 14.5. The molecule has 0 aliphatic heterocycles. The number of amides is 1. The smallest absolute Gasteiger partial charge is 0.267 e. The van der Waals surface area contributed by atoms with Gasteiger partial charge in [-0.15, -0.1) is 0 Å². The number of benzene rings is 2. The second-order valence-electron chi connectivity index (χ2n) is 6.99. The van der Waals surface area contributed by atoms with Crippen LogP contribution in [-0.2, 0) is 11.3 Å². The molecular formula is C23H27N5O2. The van der Waals surface area contributed by atoms with Gasteiger partial charge in [0, 0.05) is 13.1 Å². The van der Waals surface area contributed by atoms with Crippen LogP contribution in [0.3, 0.4) is 0 Å². The second-order valence-corrected chi connectivity index (χ2v) is 6.99. The Morgan fingerprint density at radius 1 is 1.20 bits per heavy atom. The number of hydrogen-bond donors (Lipinski definition) is 1. The van der Waals surface area contributed by atoms with Crippen LogP contribution < -0.4 is 10.1 Å². The molecule has 1 atom stereocenters. The fourth-order valence-electron chi connectivity index (χ4n) is 3.26. The minimum Gasteiger partial charge on any atom is -0.481 e. The number of fused-ring (bicyclic) bond motifs is 1. The lowest BCUT2D eigenvalue weighted by atomic mass is 10.2. The molecule has 0 aliphatic carbocycles. The molecule has 0 aliphatic rings. The highest BCUT2D eigenvalue weighted by atomic mass is 16.5. The SMILES string of the molecule is CCN(CC)CCn1c(NC(=O)C(C)Oc2ccc(C#N)cc2)nc2ccccc21. The van der Waals surface area contributed by atoms with Gasteiger partial charge in [-0.3, -0.25) is 10.1 Å². The van der Waals surface area contributed by atoms with Gasteiger partial charge in [0.05, 0.1) is 22.7 Å². The molecule has 1 N–H and O–H groups in total. The zero-order chi connectivity index (χ0) is 21.5. The molecule has 0 fully saturated rings. The number of anilines is 1. The van der Waals surface area contributed by atoms with Crippen LogP contribution in [0.4, 0.5) is 5.95 Å². The van der Waals surface area contributed by atoms with Crippen molar-refractivity contribution in [3.63, 3.8) is 0 Å². The number of carbonyl (C=O) groups is 1. The van der Waals surface area contributed by atoms with Crippen LogP contribution in [0, 0.1) is 11.3 Å².